The summed E-state index contributed by atoms with van der Waals surface area (Å²) in [6.45, 7) is 0.113. The van der Waals surface area contributed by atoms with E-state index in [0.717, 1.165) is 18.4 Å². The molecule has 0 aliphatic heterocycles. The van der Waals surface area contributed by atoms with E-state index in [1.807, 2.05) is 54.6 Å². The first-order valence-corrected chi connectivity index (χ1v) is 11.4. The SMILES string of the molecule is O=C(COC(=O)C(Cc1ccccc1)NC(=O)c1ccccc1)NCC1(c2ccccc2)CC1. The van der Waals surface area contributed by atoms with E-state index < -0.39 is 18.6 Å². The van der Waals surface area contributed by atoms with Gasteiger partial charge in [0.2, 0.25) is 0 Å². The fraction of sp³-hybridized carbons (Fsp3) is 0.250. The number of carbonyl (C=O) groups is 3. The normalized spacial score (nSPS) is 14.5. The molecule has 3 aromatic rings. The van der Waals surface area contributed by atoms with Gasteiger partial charge in [-0.3, -0.25) is 9.59 Å². The summed E-state index contributed by atoms with van der Waals surface area (Å²) in [6, 6.07) is 27.2. The van der Waals surface area contributed by atoms with Gasteiger partial charge in [-0.05, 0) is 36.1 Å². The fourth-order valence-electron chi connectivity index (χ4n) is 3.94. The van der Waals surface area contributed by atoms with Gasteiger partial charge in [-0.15, -0.1) is 0 Å². The van der Waals surface area contributed by atoms with Crippen LogP contribution in [0.1, 0.15) is 34.3 Å². The van der Waals surface area contributed by atoms with Crippen LogP contribution in [-0.4, -0.2) is 37.0 Å². The van der Waals surface area contributed by atoms with Crippen molar-refractivity contribution in [2.24, 2.45) is 0 Å². The van der Waals surface area contributed by atoms with Crippen LogP contribution in [-0.2, 0) is 26.2 Å². The number of nitrogens with one attached hydrogen (secondary N) is 2. The predicted molar refractivity (Wildman–Crippen MR) is 129 cm³/mol. The number of carbonyl (C=O) groups excluding carboxylic acids is 3. The van der Waals surface area contributed by atoms with Gasteiger partial charge < -0.3 is 15.4 Å². The molecule has 1 aliphatic carbocycles. The number of benzene rings is 3. The first kappa shape index (κ1) is 23.2. The maximum atomic E-state index is 12.8. The molecule has 34 heavy (non-hydrogen) atoms. The van der Waals surface area contributed by atoms with E-state index in [1.54, 1.807) is 24.3 Å². The highest BCUT2D eigenvalue weighted by atomic mass is 16.5. The minimum Gasteiger partial charge on any atom is -0.454 e. The third-order valence-corrected chi connectivity index (χ3v) is 6.12. The molecule has 0 bridgehead atoms. The lowest BCUT2D eigenvalue weighted by atomic mass is 9.96. The lowest BCUT2D eigenvalue weighted by Gasteiger charge is -2.19. The van der Waals surface area contributed by atoms with Gasteiger partial charge in [0, 0.05) is 23.9 Å². The van der Waals surface area contributed by atoms with Crippen molar-refractivity contribution in [3.63, 3.8) is 0 Å². The molecule has 1 aliphatic rings. The van der Waals surface area contributed by atoms with E-state index in [-0.39, 0.29) is 23.7 Å². The second-order valence-electron chi connectivity index (χ2n) is 8.61. The van der Waals surface area contributed by atoms with E-state index in [0.29, 0.717) is 12.1 Å². The van der Waals surface area contributed by atoms with Crippen LogP contribution in [0.5, 0.6) is 0 Å². The van der Waals surface area contributed by atoms with Gasteiger partial charge in [0.1, 0.15) is 6.04 Å². The molecule has 2 amide bonds. The van der Waals surface area contributed by atoms with Gasteiger partial charge in [-0.1, -0.05) is 78.9 Å². The molecule has 1 unspecified atom stereocenters. The van der Waals surface area contributed by atoms with Gasteiger partial charge in [0.15, 0.2) is 6.61 Å². The van der Waals surface area contributed by atoms with Crippen LogP contribution in [0.15, 0.2) is 91.0 Å². The molecule has 3 aromatic carbocycles. The molecular weight excluding hydrogens is 428 g/mol. The molecule has 0 aromatic heterocycles. The first-order chi connectivity index (χ1) is 16.6. The summed E-state index contributed by atoms with van der Waals surface area (Å²) in [7, 11) is 0. The number of hydrogen-bond donors (Lipinski definition) is 2. The van der Waals surface area contributed by atoms with Crippen molar-refractivity contribution in [2.45, 2.75) is 30.7 Å². The molecule has 4 rings (SSSR count). The Labute approximate surface area is 199 Å². The topological polar surface area (TPSA) is 84.5 Å². The Bertz CT molecular complexity index is 1110. The summed E-state index contributed by atoms with van der Waals surface area (Å²) in [5.41, 5.74) is 2.50. The number of ether oxygens (including phenoxy) is 1. The smallest absolute Gasteiger partial charge is 0.329 e. The van der Waals surface area contributed by atoms with Gasteiger partial charge in [-0.25, -0.2) is 4.79 Å². The Morgan fingerprint density at radius 2 is 1.41 bits per heavy atom. The minimum absolute atomic E-state index is 0.0273. The van der Waals surface area contributed by atoms with Crippen molar-refractivity contribution in [3.8, 4) is 0 Å². The Kier molecular flexibility index (Phi) is 7.38. The average molecular weight is 457 g/mol. The van der Waals surface area contributed by atoms with Crippen LogP contribution < -0.4 is 10.6 Å². The van der Waals surface area contributed by atoms with Crippen molar-refractivity contribution in [1.29, 1.82) is 0 Å². The van der Waals surface area contributed by atoms with Gasteiger partial charge in [-0.2, -0.15) is 0 Å². The van der Waals surface area contributed by atoms with Crippen molar-refractivity contribution >= 4 is 17.8 Å². The van der Waals surface area contributed by atoms with Crippen LogP contribution in [0.3, 0.4) is 0 Å². The van der Waals surface area contributed by atoms with Gasteiger partial charge >= 0.3 is 5.97 Å². The summed E-state index contributed by atoms with van der Waals surface area (Å²) >= 11 is 0. The monoisotopic (exact) mass is 456 g/mol. The Balaban J connectivity index is 1.33. The zero-order valence-corrected chi connectivity index (χ0v) is 18.9. The Morgan fingerprint density at radius 3 is 2.03 bits per heavy atom. The summed E-state index contributed by atoms with van der Waals surface area (Å²) < 4.78 is 5.30. The largest absolute Gasteiger partial charge is 0.454 e. The second-order valence-corrected chi connectivity index (χ2v) is 8.61. The molecule has 174 valence electrons. The first-order valence-electron chi connectivity index (χ1n) is 11.4. The number of rotatable bonds is 10. The molecule has 2 N–H and O–H groups in total. The van der Waals surface area contributed by atoms with Crippen LogP contribution in [0, 0.1) is 0 Å². The van der Waals surface area contributed by atoms with Crippen molar-refractivity contribution in [1.82, 2.24) is 10.6 Å². The Morgan fingerprint density at radius 1 is 0.824 bits per heavy atom. The molecule has 6 nitrogen and oxygen atoms in total. The van der Waals surface area contributed by atoms with Crippen LogP contribution >= 0.6 is 0 Å². The van der Waals surface area contributed by atoms with E-state index in [2.05, 4.69) is 22.8 Å². The molecule has 1 fully saturated rings. The third-order valence-electron chi connectivity index (χ3n) is 6.12. The molecular formula is C28H28N2O4. The van der Waals surface area contributed by atoms with E-state index in [9.17, 15) is 14.4 Å². The van der Waals surface area contributed by atoms with Gasteiger partial charge in [0.25, 0.3) is 11.8 Å². The zero-order valence-electron chi connectivity index (χ0n) is 18.9. The molecule has 0 heterocycles. The highest BCUT2D eigenvalue weighted by molar-refractivity contribution is 5.97. The maximum absolute atomic E-state index is 12.8. The molecule has 0 saturated heterocycles. The average Bonchev–Trinajstić information content (AvgIpc) is 3.68. The van der Waals surface area contributed by atoms with Crippen LogP contribution in [0.25, 0.3) is 0 Å². The quantitative estimate of drug-likeness (QED) is 0.458. The molecule has 1 saturated carbocycles. The summed E-state index contributed by atoms with van der Waals surface area (Å²) in [5, 5.41) is 5.64. The molecule has 1 atom stereocenters. The minimum atomic E-state index is -0.915. The van der Waals surface area contributed by atoms with Crippen molar-refractivity contribution in [2.75, 3.05) is 13.2 Å². The highest BCUT2D eigenvalue weighted by Crippen LogP contribution is 2.47. The lowest BCUT2D eigenvalue weighted by molar-refractivity contribution is -0.150. The lowest BCUT2D eigenvalue weighted by Crippen LogP contribution is -2.44. The van der Waals surface area contributed by atoms with E-state index >= 15 is 0 Å². The summed E-state index contributed by atoms with van der Waals surface area (Å²) in [5.74, 6) is -1.38. The summed E-state index contributed by atoms with van der Waals surface area (Å²) in [6.07, 6.45) is 2.29. The fourth-order valence-corrected chi connectivity index (χ4v) is 3.94. The standard InChI is InChI=1S/C28H28N2O4/c31-25(29-20-28(16-17-28)23-14-8-3-9-15-23)19-34-27(33)24(18-21-10-4-1-5-11-21)30-26(32)22-12-6-2-7-13-22/h1-15,24H,16-20H2,(H,29,31)(H,30,32). The van der Waals surface area contributed by atoms with E-state index in [1.165, 1.54) is 5.56 Å². The second kappa shape index (κ2) is 10.8. The maximum Gasteiger partial charge on any atom is 0.329 e. The van der Waals surface area contributed by atoms with Crippen LogP contribution in [0.4, 0.5) is 0 Å². The number of amides is 2. The molecule has 0 spiro atoms. The summed E-state index contributed by atoms with van der Waals surface area (Å²) in [4.78, 5) is 37.9. The Hall–Kier alpha value is -3.93. The van der Waals surface area contributed by atoms with Gasteiger partial charge in [0.05, 0.1) is 0 Å². The highest BCUT2D eigenvalue weighted by Gasteiger charge is 2.44. The molecule has 6 heteroatoms. The number of hydrogen-bond acceptors (Lipinski definition) is 4. The predicted octanol–water partition coefficient (Wildman–Crippen LogP) is 3.42. The van der Waals surface area contributed by atoms with Crippen LogP contribution in [0.2, 0.25) is 0 Å². The number of esters is 1. The van der Waals surface area contributed by atoms with Crippen molar-refractivity contribution < 1.29 is 19.1 Å². The third kappa shape index (κ3) is 6.10. The zero-order chi connectivity index (χ0) is 23.8. The molecule has 0 radical (unpaired) electrons. The van der Waals surface area contributed by atoms with Crippen molar-refractivity contribution in [3.05, 3.63) is 108 Å². The van der Waals surface area contributed by atoms with E-state index in [4.69, 9.17) is 4.74 Å².